The van der Waals surface area contributed by atoms with Gasteiger partial charge in [0.1, 0.15) is 0 Å². The number of rotatable bonds is 6. The number of aliphatic hydroxyl groups is 1. The molecule has 22 heavy (non-hydrogen) atoms. The molecule has 1 fully saturated rings. The summed E-state index contributed by atoms with van der Waals surface area (Å²) in [5, 5.41) is 10.4. The predicted molar refractivity (Wildman–Crippen MR) is 88.6 cm³/mol. The molecule has 3 rings (SSSR count). The molecule has 0 saturated carbocycles. The van der Waals surface area contributed by atoms with Gasteiger partial charge in [0.25, 0.3) is 0 Å². The third-order valence-corrected chi connectivity index (χ3v) is 4.62. The fraction of sp³-hybridized carbons (Fsp3) is 0.421. The van der Waals surface area contributed by atoms with Crippen molar-refractivity contribution in [2.45, 2.75) is 37.8 Å². The van der Waals surface area contributed by atoms with E-state index in [1.54, 1.807) is 0 Å². The van der Waals surface area contributed by atoms with Gasteiger partial charge in [0.2, 0.25) is 0 Å². The maximum Gasteiger partial charge on any atom is 0.0805 e. The van der Waals surface area contributed by atoms with E-state index in [0.29, 0.717) is 6.04 Å². The lowest BCUT2D eigenvalue weighted by atomic mass is 10.0. The van der Waals surface area contributed by atoms with Crippen LogP contribution in [0.3, 0.4) is 0 Å². The average Bonchev–Trinajstić information content (AvgIpc) is 3.02. The predicted octanol–water partition coefficient (Wildman–Crippen LogP) is 3.21. The highest BCUT2D eigenvalue weighted by Gasteiger charge is 2.26. The zero-order chi connectivity index (χ0) is 15.2. The molecule has 1 aromatic heterocycles. The summed E-state index contributed by atoms with van der Waals surface area (Å²) in [5.41, 5.74) is 2.37. The largest absolute Gasteiger partial charge is 0.388 e. The molecule has 116 valence electrons. The molecule has 0 aliphatic carbocycles. The SMILES string of the molecule is OC(CC1CCCN1CCc1ccncc1)c1ccccc1. The van der Waals surface area contributed by atoms with Gasteiger partial charge in [-0.05, 0) is 55.5 Å². The molecule has 2 heterocycles. The van der Waals surface area contributed by atoms with E-state index < -0.39 is 0 Å². The quantitative estimate of drug-likeness (QED) is 0.889. The minimum absolute atomic E-state index is 0.354. The van der Waals surface area contributed by atoms with E-state index >= 15 is 0 Å². The molecular weight excluding hydrogens is 272 g/mol. The molecule has 3 nitrogen and oxygen atoms in total. The van der Waals surface area contributed by atoms with Gasteiger partial charge in [-0.2, -0.15) is 0 Å². The van der Waals surface area contributed by atoms with E-state index in [9.17, 15) is 5.11 Å². The molecule has 3 heteroatoms. The maximum atomic E-state index is 10.4. The first-order valence-corrected chi connectivity index (χ1v) is 8.19. The van der Waals surface area contributed by atoms with Gasteiger partial charge >= 0.3 is 0 Å². The van der Waals surface area contributed by atoms with Gasteiger partial charge in [-0.3, -0.25) is 9.88 Å². The monoisotopic (exact) mass is 296 g/mol. The third-order valence-electron chi connectivity index (χ3n) is 4.62. The standard InChI is InChI=1S/C19H24N2O/c22-19(17-5-2-1-3-6-17)15-18-7-4-13-21(18)14-10-16-8-11-20-12-9-16/h1-3,5-6,8-9,11-12,18-19,22H,4,7,10,13-15H2. The van der Waals surface area contributed by atoms with Crippen LogP contribution in [0.25, 0.3) is 0 Å². The summed E-state index contributed by atoms with van der Waals surface area (Å²) in [6.07, 6.45) is 7.68. The summed E-state index contributed by atoms with van der Waals surface area (Å²) in [4.78, 5) is 6.60. The molecule has 0 amide bonds. The molecule has 1 saturated heterocycles. The van der Waals surface area contributed by atoms with Crippen LogP contribution in [0.5, 0.6) is 0 Å². The summed E-state index contributed by atoms with van der Waals surface area (Å²) < 4.78 is 0. The Balaban J connectivity index is 1.54. The molecule has 0 spiro atoms. The second kappa shape index (κ2) is 7.52. The van der Waals surface area contributed by atoms with Crippen molar-refractivity contribution >= 4 is 0 Å². The highest BCUT2D eigenvalue weighted by molar-refractivity contribution is 5.17. The van der Waals surface area contributed by atoms with E-state index in [4.69, 9.17) is 0 Å². The smallest absolute Gasteiger partial charge is 0.0805 e. The van der Waals surface area contributed by atoms with Crippen molar-refractivity contribution in [1.82, 2.24) is 9.88 Å². The fourth-order valence-electron chi connectivity index (χ4n) is 3.35. The number of hydrogen-bond donors (Lipinski definition) is 1. The van der Waals surface area contributed by atoms with Gasteiger partial charge in [-0.25, -0.2) is 0 Å². The molecule has 0 bridgehead atoms. The lowest BCUT2D eigenvalue weighted by Gasteiger charge is -2.26. The molecule has 2 atom stereocenters. The van der Waals surface area contributed by atoms with Crippen molar-refractivity contribution in [3.63, 3.8) is 0 Å². The van der Waals surface area contributed by atoms with Gasteiger partial charge in [-0.1, -0.05) is 30.3 Å². The first kappa shape index (κ1) is 15.2. The molecule has 2 unspecified atom stereocenters. The highest BCUT2D eigenvalue weighted by Crippen LogP contribution is 2.27. The van der Waals surface area contributed by atoms with Crippen LogP contribution >= 0.6 is 0 Å². The van der Waals surface area contributed by atoms with Crippen LogP contribution in [0, 0.1) is 0 Å². The van der Waals surface area contributed by atoms with Crippen molar-refractivity contribution in [1.29, 1.82) is 0 Å². The third kappa shape index (κ3) is 3.93. The maximum absolute atomic E-state index is 10.4. The Morgan fingerprint density at radius 3 is 2.68 bits per heavy atom. The summed E-state index contributed by atoms with van der Waals surface area (Å²) in [5.74, 6) is 0. The molecule has 2 aromatic rings. The van der Waals surface area contributed by atoms with Crippen LogP contribution in [-0.4, -0.2) is 34.1 Å². The molecule has 0 radical (unpaired) electrons. The van der Waals surface area contributed by atoms with Crippen LogP contribution in [0.1, 0.15) is 36.5 Å². The Morgan fingerprint density at radius 2 is 1.91 bits per heavy atom. The lowest BCUT2D eigenvalue weighted by Crippen LogP contribution is -2.32. The Morgan fingerprint density at radius 1 is 1.14 bits per heavy atom. The van der Waals surface area contributed by atoms with Crippen molar-refractivity contribution in [2.75, 3.05) is 13.1 Å². The Labute approximate surface area is 132 Å². The number of benzene rings is 1. The number of nitrogens with zero attached hydrogens (tertiary/aromatic N) is 2. The normalized spacial score (nSPS) is 20.1. The van der Waals surface area contributed by atoms with Gasteiger partial charge in [0, 0.05) is 25.0 Å². The van der Waals surface area contributed by atoms with Gasteiger partial charge in [0.15, 0.2) is 0 Å². The zero-order valence-corrected chi connectivity index (χ0v) is 12.9. The average molecular weight is 296 g/mol. The topological polar surface area (TPSA) is 36.4 Å². The second-order valence-corrected chi connectivity index (χ2v) is 6.10. The van der Waals surface area contributed by atoms with E-state index in [1.807, 2.05) is 42.7 Å². The lowest BCUT2D eigenvalue weighted by molar-refractivity contribution is 0.121. The minimum atomic E-state index is -0.354. The molecule has 1 aromatic carbocycles. The van der Waals surface area contributed by atoms with Gasteiger partial charge < -0.3 is 5.11 Å². The van der Waals surface area contributed by atoms with E-state index in [1.165, 1.54) is 18.4 Å². The summed E-state index contributed by atoms with van der Waals surface area (Å²) >= 11 is 0. The van der Waals surface area contributed by atoms with Crippen molar-refractivity contribution < 1.29 is 5.11 Å². The van der Waals surface area contributed by atoms with E-state index in [0.717, 1.165) is 31.5 Å². The first-order chi connectivity index (χ1) is 10.8. The van der Waals surface area contributed by atoms with Crippen LogP contribution < -0.4 is 0 Å². The van der Waals surface area contributed by atoms with Crippen molar-refractivity contribution in [2.24, 2.45) is 0 Å². The van der Waals surface area contributed by atoms with Crippen LogP contribution in [0.15, 0.2) is 54.9 Å². The Hall–Kier alpha value is -1.71. The number of aromatic nitrogens is 1. The summed E-state index contributed by atoms with van der Waals surface area (Å²) in [6, 6.07) is 14.7. The van der Waals surface area contributed by atoms with Crippen LogP contribution in [0.4, 0.5) is 0 Å². The van der Waals surface area contributed by atoms with Gasteiger partial charge in [-0.15, -0.1) is 0 Å². The number of pyridine rings is 1. The zero-order valence-electron chi connectivity index (χ0n) is 12.9. The van der Waals surface area contributed by atoms with Crippen LogP contribution in [-0.2, 0) is 6.42 Å². The van der Waals surface area contributed by atoms with Crippen LogP contribution in [0.2, 0.25) is 0 Å². The van der Waals surface area contributed by atoms with Crippen molar-refractivity contribution in [3.8, 4) is 0 Å². The molecular formula is C19H24N2O. The number of likely N-dealkylation sites (tertiary alicyclic amines) is 1. The molecule has 1 N–H and O–H groups in total. The molecule has 1 aliphatic rings. The summed E-state index contributed by atoms with van der Waals surface area (Å²) in [6.45, 7) is 2.22. The first-order valence-electron chi connectivity index (χ1n) is 8.19. The number of hydrogen-bond acceptors (Lipinski definition) is 3. The van der Waals surface area contributed by atoms with E-state index in [2.05, 4.69) is 22.0 Å². The Bertz CT molecular complexity index is 558. The summed E-state index contributed by atoms with van der Waals surface area (Å²) in [7, 11) is 0. The number of aliphatic hydroxyl groups excluding tert-OH is 1. The second-order valence-electron chi connectivity index (χ2n) is 6.10. The Kier molecular flexibility index (Phi) is 5.20. The van der Waals surface area contributed by atoms with Gasteiger partial charge in [0.05, 0.1) is 6.10 Å². The minimum Gasteiger partial charge on any atom is -0.388 e. The highest BCUT2D eigenvalue weighted by atomic mass is 16.3. The molecule has 1 aliphatic heterocycles. The van der Waals surface area contributed by atoms with E-state index in [-0.39, 0.29) is 6.10 Å². The van der Waals surface area contributed by atoms with Crippen molar-refractivity contribution in [3.05, 3.63) is 66.0 Å². The fourth-order valence-corrected chi connectivity index (χ4v) is 3.35.